The molecule has 0 spiro atoms. The van der Waals surface area contributed by atoms with E-state index >= 15 is 0 Å². The summed E-state index contributed by atoms with van der Waals surface area (Å²) in [6.07, 6.45) is 8.72. The Morgan fingerprint density at radius 2 is 2.35 bits per heavy atom. The van der Waals surface area contributed by atoms with E-state index in [1.54, 1.807) is 0 Å². The predicted octanol–water partition coefficient (Wildman–Crippen LogP) is 1.79. The molecule has 5 nitrogen and oxygen atoms in total. The lowest BCUT2D eigenvalue weighted by molar-refractivity contribution is -0.142. The van der Waals surface area contributed by atoms with E-state index in [1.807, 2.05) is 17.3 Å². The first-order valence-corrected chi connectivity index (χ1v) is 7.71. The van der Waals surface area contributed by atoms with Crippen molar-refractivity contribution >= 4 is 5.91 Å². The SMILES string of the molecule is CCc1nccn1[C@@H]1CCCN(C(=O)[C@H]2CCCO2)C1. The number of nitrogens with zero attached hydrogens (tertiary/aromatic N) is 3. The second-order valence-electron chi connectivity index (χ2n) is 5.69. The monoisotopic (exact) mass is 277 g/mol. The summed E-state index contributed by atoms with van der Waals surface area (Å²) < 4.78 is 7.77. The van der Waals surface area contributed by atoms with Crippen LogP contribution in [-0.2, 0) is 16.0 Å². The highest BCUT2D eigenvalue weighted by Gasteiger charge is 2.32. The van der Waals surface area contributed by atoms with Gasteiger partial charge in [-0.05, 0) is 25.7 Å². The van der Waals surface area contributed by atoms with Crippen molar-refractivity contribution in [3.8, 4) is 0 Å². The van der Waals surface area contributed by atoms with E-state index in [-0.39, 0.29) is 12.0 Å². The molecule has 5 heteroatoms. The first kappa shape index (κ1) is 13.6. The van der Waals surface area contributed by atoms with Crippen LogP contribution in [-0.4, -0.2) is 46.2 Å². The van der Waals surface area contributed by atoms with E-state index in [0.717, 1.165) is 57.6 Å². The van der Waals surface area contributed by atoms with Crippen LogP contribution in [0.4, 0.5) is 0 Å². The van der Waals surface area contributed by atoms with E-state index in [0.29, 0.717) is 6.04 Å². The van der Waals surface area contributed by atoms with Crippen molar-refractivity contribution in [1.29, 1.82) is 0 Å². The molecule has 3 heterocycles. The number of hydrogen-bond acceptors (Lipinski definition) is 3. The number of carbonyl (C=O) groups excluding carboxylic acids is 1. The highest BCUT2D eigenvalue weighted by Crippen LogP contribution is 2.25. The molecular weight excluding hydrogens is 254 g/mol. The zero-order valence-electron chi connectivity index (χ0n) is 12.1. The van der Waals surface area contributed by atoms with Gasteiger partial charge in [0.1, 0.15) is 11.9 Å². The molecule has 20 heavy (non-hydrogen) atoms. The summed E-state index contributed by atoms with van der Waals surface area (Å²) in [5.41, 5.74) is 0. The van der Waals surface area contributed by atoms with Crippen molar-refractivity contribution in [2.24, 2.45) is 0 Å². The molecule has 0 aromatic carbocycles. The maximum atomic E-state index is 12.4. The van der Waals surface area contributed by atoms with E-state index < -0.39 is 0 Å². The summed E-state index contributed by atoms with van der Waals surface area (Å²) in [5.74, 6) is 1.30. The first-order valence-electron chi connectivity index (χ1n) is 7.71. The molecule has 3 rings (SSSR count). The molecule has 2 aliphatic rings. The number of imidazole rings is 1. The molecule has 1 amide bonds. The number of ether oxygens (including phenoxy) is 1. The van der Waals surface area contributed by atoms with E-state index in [1.165, 1.54) is 0 Å². The highest BCUT2D eigenvalue weighted by atomic mass is 16.5. The van der Waals surface area contributed by atoms with Crippen molar-refractivity contribution in [1.82, 2.24) is 14.5 Å². The normalized spacial score (nSPS) is 26.9. The number of aryl methyl sites for hydroxylation is 1. The van der Waals surface area contributed by atoms with Gasteiger partial charge in [-0.2, -0.15) is 0 Å². The van der Waals surface area contributed by atoms with Gasteiger partial charge in [-0.15, -0.1) is 0 Å². The summed E-state index contributed by atoms with van der Waals surface area (Å²) >= 11 is 0. The van der Waals surface area contributed by atoms with Gasteiger partial charge in [-0.3, -0.25) is 4.79 Å². The summed E-state index contributed by atoms with van der Waals surface area (Å²) in [6.45, 7) is 4.51. The van der Waals surface area contributed by atoms with Crippen LogP contribution in [0.15, 0.2) is 12.4 Å². The maximum absolute atomic E-state index is 12.4. The molecule has 0 saturated carbocycles. The fraction of sp³-hybridized carbons (Fsp3) is 0.733. The lowest BCUT2D eigenvalue weighted by Gasteiger charge is -2.35. The molecular formula is C15H23N3O2. The summed E-state index contributed by atoms with van der Waals surface area (Å²) in [5, 5.41) is 0. The van der Waals surface area contributed by atoms with Crippen LogP contribution < -0.4 is 0 Å². The molecule has 2 aliphatic heterocycles. The van der Waals surface area contributed by atoms with Crippen LogP contribution >= 0.6 is 0 Å². The number of rotatable bonds is 3. The van der Waals surface area contributed by atoms with E-state index in [9.17, 15) is 4.79 Å². The number of piperidine rings is 1. The van der Waals surface area contributed by atoms with Gasteiger partial charge in [-0.1, -0.05) is 6.92 Å². The van der Waals surface area contributed by atoms with Crippen molar-refractivity contribution < 1.29 is 9.53 Å². The Labute approximate surface area is 119 Å². The van der Waals surface area contributed by atoms with Gasteiger partial charge >= 0.3 is 0 Å². The first-order chi connectivity index (χ1) is 9.79. The highest BCUT2D eigenvalue weighted by molar-refractivity contribution is 5.81. The Bertz CT molecular complexity index is 465. The largest absolute Gasteiger partial charge is 0.368 e. The second kappa shape index (κ2) is 5.95. The quantitative estimate of drug-likeness (QED) is 0.846. The average molecular weight is 277 g/mol. The number of carbonyl (C=O) groups is 1. The van der Waals surface area contributed by atoms with Crippen molar-refractivity contribution in [3.63, 3.8) is 0 Å². The van der Waals surface area contributed by atoms with Crippen LogP contribution in [0.5, 0.6) is 0 Å². The van der Waals surface area contributed by atoms with Gasteiger partial charge in [0, 0.05) is 38.5 Å². The van der Waals surface area contributed by atoms with Crippen LogP contribution in [0.2, 0.25) is 0 Å². The van der Waals surface area contributed by atoms with Crippen LogP contribution in [0.3, 0.4) is 0 Å². The molecule has 1 aromatic rings. The summed E-state index contributed by atoms with van der Waals surface area (Å²) in [6, 6.07) is 0.367. The molecule has 1 aromatic heterocycles. The van der Waals surface area contributed by atoms with Gasteiger partial charge in [0.05, 0.1) is 6.04 Å². The smallest absolute Gasteiger partial charge is 0.251 e. The third kappa shape index (κ3) is 2.59. The molecule has 110 valence electrons. The second-order valence-corrected chi connectivity index (χ2v) is 5.69. The number of aromatic nitrogens is 2. The number of amides is 1. The van der Waals surface area contributed by atoms with E-state index in [4.69, 9.17) is 4.74 Å². The third-order valence-corrected chi connectivity index (χ3v) is 4.37. The lowest BCUT2D eigenvalue weighted by atomic mass is 10.0. The van der Waals surface area contributed by atoms with Crippen molar-refractivity contribution in [2.45, 2.75) is 51.2 Å². The average Bonchev–Trinajstić information content (AvgIpc) is 3.17. The molecule has 0 radical (unpaired) electrons. The Morgan fingerprint density at radius 1 is 1.45 bits per heavy atom. The predicted molar refractivity (Wildman–Crippen MR) is 75.4 cm³/mol. The molecule has 0 aliphatic carbocycles. The number of likely N-dealkylation sites (tertiary alicyclic amines) is 1. The Kier molecular flexibility index (Phi) is 4.05. The zero-order valence-corrected chi connectivity index (χ0v) is 12.1. The topological polar surface area (TPSA) is 47.4 Å². The van der Waals surface area contributed by atoms with Gasteiger partial charge in [0.25, 0.3) is 5.91 Å². The van der Waals surface area contributed by atoms with Crippen molar-refractivity contribution in [3.05, 3.63) is 18.2 Å². The van der Waals surface area contributed by atoms with Gasteiger partial charge < -0.3 is 14.2 Å². The minimum Gasteiger partial charge on any atom is -0.368 e. The van der Waals surface area contributed by atoms with Gasteiger partial charge in [0.2, 0.25) is 0 Å². The van der Waals surface area contributed by atoms with Gasteiger partial charge in [-0.25, -0.2) is 4.98 Å². The molecule has 0 unspecified atom stereocenters. The maximum Gasteiger partial charge on any atom is 0.251 e. The summed E-state index contributed by atoms with van der Waals surface area (Å²) in [4.78, 5) is 18.8. The van der Waals surface area contributed by atoms with Crippen molar-refractivity contribution in [2.75, 3.05) is 19.7 Å². The molecule has 0 N–H and O–H groups in total. The zero-order chi connectivity index (χ0) is 13.9. The Balaban J connectivity index is 1.68. The molecule has 0 bridgehead atoms. The molecule has 2 fully saturated rings. The van der Waals surface area contributed by atoms with E-state index in [2.05, 4.69) is 16.5 Å². The van der Waals surface area contributed by atoms with Crippen LogP contribution in [0, 0.1) is 0 Å². The fourth-order valence-corrected chi connectivity index (χ4v) is 3.31. The van der Waals surface area contributed by atoms with Crippen LogP contribution in [0.25, 0.3) is 0 Å². The standard InChI is InChI=1S/C15H23N3O2/c1-2-14-16-7-9-18(14)12-5-3-8-17(11-12)15(19)13-6-4-10-20-13/h7,9,12-13H,2-6,8,10-11H2,1H3/t12-,13-/m1/s1. The lowest BCUT2D eigenvalue weighted by Crippen LogP contribution is -2.45. The minimum atomic E-state index is -0.192. The Hall–Kier alpha value is -1.36. The molecule has 2 saturated heterocycles. The Morgan fingerprint density at radius 3 is 3.10 bits per heavy atom. The van der Waals surface area contributed by atoms with Gasteiger partial charge in [0.15, 0.2) is 0 Å². The fourth-order valence-electron chi connectivity index (χ4n) is 3.31. The molecule has 2 atom stereocenters. The number of hydrogen-bond donors (Lipinski definition) is 0. The summed E-state index contributed by atoms with van der Waals surface area (Å²) in [7, 11) is 0. The van der Waals surface area contributed by atoms with Crippen LogP contribution in [0.1, 0.15) is 44.5 Å². The third-order valence-electron chi connectivity index (χ3n) is 4.37. The minimum absolute atomic E-state index is 0.186.